The Morgan fingerprint density at radius 3 is 3.07 bits per heavy atom. The van der Waals surface area contributed by atoms with Crippen LogP contribution < -0.4 is 5.32 Å². The summed E-state index contributed by atoms with van der Waals surface area (Å²) in [6.07, 6.45) is 3.73. The van der Waals surface area contributed by atoms with Crippen LogP contribution in [0.2, 0.25) is 0 Å². The molecule has 1 aliphatic heterocycles. The zero-order chi connectivity index (χ0) is 9.80. The molecule has 3 nitrogen and oxygen atoms in total. The molecule has 1 aliphatic rings. The Morgan fingerprint density at radius 1 is 1.43 bits per heavy atom. The molecule has 0 amide bonds. The molecule has 76 valence electrons. The molecule has 0 spiro atoms. The van der Waals surface area contributed by atoms with Crippen LogP contribution in [0.4, 0.5) is 5.82 Å². The van der Waals surface area contributed by atoms with Gasteiger partial charge in [-0.3, -0.25) is 0 Å². The average molecular weight is 192 g/mol. The van der Waals surface area contributed by atoms with Crippen LogP contribution in [0.1, 0.15) is 31.1 Å². The second-order valence-corrected chi connectivity index (χ2v) is 3.55. The highest BCUT2D eigenvalue weighted by Gasteiger charge is 2.17. The van der Waals surface area contributed by atoms with Crippen LogP contribution in [0.5, 0.6) is 0 Å². The molecule has 1 fully saturated rings. The lowest BCUT2D eigenvalue weighted by Gasteiger charge is -2.22. The first-order valence-corrected chi connectivity index (χ1v) is 5.16. The number of hydrogen-bond donors (Lipinski definition) is 1. The second-order valence-electron chi connectivity index (χ2n) is 3.55. The quantitative estimate of drug-likeness (QED) is 0.781. The molecule has 0 aliphatic carbocycles. The van der Waals surface area contributed by atoms with E-state index in [0.717, 1.165) is 24.5 Å². The number of anilines is 1. The summed E-state index contributed by atoms with van der Waals surface area (Å²) in [7, 11) is 1.88. The minimum atomic E-state index is 0.206. The van der Waals surface area contributed by atoms with Gasteiger partial charge in [0.15, 0.2) is 0 Å². The largest absolute Gasteiger partial charge is 0.373 e. The van der Waals surface area contributed by atoms with Crippen molar-refractivity contribution in [3.05, 3.63) is 23.9 Å². The van der Waals surface area contributed by atoms with Gasteiger partial charge in [-0.2, -0.15) is 0 Å². The SMILES string of the molecule is CNc1cccc([C@@H]2CCCCO2)n1. The van der Waals surface area contributed by atoms with Crippen molar-refractivity contribution in [1.82, 2.24) is 4.98 Å². The van der Waals surface area contributed by atoms with Gasteiger partial charge in [-0.25, -0.2) is 4.98 Å². The molecular formula is C11H16N2O. The highest BCUT2D eigenvalue weighted by molar-refractivity contribution is 5.34. The first kappa shape index (κ1) is 9.46. The number of nitrogens with one attached hydrogen (secondary N) is 1. The Kier molecular flexibility index (Phi) is 2.99. The first-order valence-electron chi connectivity index (χ1n) is 5.16. The highest BCUT2D eigenvalue weighted by Crippen LogP contribution is 2.26. The van der Waals surface area contributed by atoms with Crippen LogP contribution >= 0.6 is 0 Å². The van der Waals surface area contributed by atoms with Crippen LogP contribution in [0, 0.1) is 0 Å². The number of hydrogen-bond acceptors (Lipinski definition) is 3. The van der Waals surface area contributed by atoms with E-state index >= 15 is 0 Å². The lowest BCUT2D eigenvalue weighted by molar-refractivity contribution is 0.0124. The van der Waals surface area contributed by atoms with Crippen molar-refractivity contribution in [2.24, 2.45) is 0 Å². The van der Waals surface area contributed by atoms with Crippen LogP contribution in [0.15, 0.2) is 18.2 Å². The van der Waals surface area contributed by atoms with E-state index in [9.17, 15) is 0 Å². The van der Waals surface area contributed by atoms with Gasteiger partial charge in [-0.15, -0.1) is 0 Å². The minimum absolute atomic E-state index is 0.206. The summed E-state index contributed by atoms with van der Waals surface area (Å²) in [5.74, 6) is 0.914. The van der Waals surface area contributed by atoms with E-state index in [0.29, 0.717) is 0 Å². The molecule has 1 saturated heterocycles. The van der Waals surface area contributed by atoms with Crippen LogP contribution in [0.25, 0.3) is 0 Å². The van der Waals surface area contributed by atoms with Crippen molar-refractivity contribution in [3.8, 4) is 0 Å². The zero-order valence-electron chi connectivity index (χ0n) is 8.49. The van der Waals surface area contributed by atoms with Gasteiger partial charge < -0.3 is 10.1 Å². The fraction of sp³-hybridized carbons (Fsp3) is 0.545. The average Bonchev–Trinajstić information content (AvgIpc) is 2.30. The van der Waals surface area contributed by atoms with E-state index in [1.807, 2.05) is 25.2 Å². The normalized spacial score (nSPS) is 21.9. The molecule has 3 heteroatoms. The Bertz CT molecular complexity index is 295. The maximum Gasteiger partial charge on any atom is 0.126 e. The van der Waals surface area contributed by atoms with Crippen molar-refractivity contribution in [2.45, 2.75) is 25.4 Å². The second kappa shape index (κ2) is 4.42. The van der Waals surface area contributed by atoms with E-state index in [2.05, 4.69) is 10.3 Å². The maximum absolute atomic E-state index is 5.67. The Labute approximate surface area is 84.5 Å². The summed E-state index contributed by atoms with van der Waals surface area (Å²) in [6, 6.07) is 6.02. The fourth-order valence-corrected chi connectivity index (χ4v) is 1.74. The van der Waals surface area contributed by atoms with Gasteiger partial charge in [-0.05, 0) is 31.4 Å². The molecular weight excluding hydrogens is 176 g/mol. The molecule has 1 N–H and O–H groups in total. The summed E-state index contributed by atoms with van der Waals surface area (Å²) in [5, 5.41) is 3.04. The number of aromatic nitrogens is 1. The first-order chi connectivity index (χ1) is 6.90. The van der Waals surface area contributed by atoms with E-state index in [-0.39, 0.29) is 6.10 Å². The fourth-order valence-electron chi connectivity index (χ4n) is 1.74. The number of rotatable bonds is 2. The monoisotopic (exact) mass is 192 g/mol. The van der Waals surface area contributed by atoms with Crippen molar-refractivity contribution >= 4 is 5.82 Å². The van der Waals surface area contributed by atoms with Gasteiger partial charge in [0.2, 0.25) is 0 Å². The van der Waals surface area contributed by atoms with E-state index in [4.69, 9.17) is 4.74 Å². The maximum atomic E-state index is 5.67. The zero-order valence-corrected chi connectivity index (χ0v) is 8.49. The Hall–Kier alpha value is -1.09. The van der Waals surface area contributed by atoms with E-state index < -0.39 is 0 Å². The van der Waals surface area contributed by atoms with Crippen molar-refractivity contribution < 1.29 is 4.74 Å². The number of pyridine rings is 1. The van der Waals surface area contributed by atoms with E-state index in [1.165, 1.54) is 12.8 Å². The lowest BCUT2D eigenvalue weighted by atomic mass is 10.1. The van der Waals surface area contributed by atoms with Gasteiger partial charge in [0.05, 0.1) is 11.8 Å². The molecule has 1 aromatic heterocycles. The molecule has 2 heterocycles. The molecule has 1 atom stereocenters. The third kappa shape index (κ3) is 2.04. The smallest absolute Gasteiger partial charge is 0.126 e. The molecule has 0 aromatic carbocycles. The summed E-state index contributed by atoms with van der Waals surface area (Å²) < 4.78 is 5.67. The van der Waals surface area contributed by atoms with Gasteiger partial charge in [0.25, 0.3) is 0 Å². The van der Waals surface area contributed by atoms with Crippen LogP contribution in [-0.4, -0.2) is 18.6 Å². The third-order valence-corrected chi connectivity index (χ3v) is 2.54. The Morgan fingerprint density at radius 2 is 2.36 bits per heavy atom. The third-order valence-electron chi connectivity index (χ3n) is 2.54. The molecule has 0 unspecified atom stereocenters. The summed E-state index contributed by atoms with van der Waals surface area (Å²) >= 11 is 0. The summed E-state index contributed by atoms with van der Waals surface area (Å²) in [5.41, 5.74) is 1.05. The summed E-state index contributed by atoms with van der Waals surface area (Å²) in [6.45, 7) is 0.871. The number of ether oxygens (including phenoxy) is 1. The topological polar surface area (TPSA) is 34.1 Å². The van der Waals surface area contributed by atoms with Gasteiger partial charge >= 0.3 is 0 Å². The molecule has 0 bridgehead atoms. The van der Waals surface area contributed by atoms with Crippen LogP contribution in [-0.2, 0) is 4.74 Å². The standard InChI is InChI=1S/C11H16N2O/c1-12-11-7-4-5-9(13-11)10-6-2-3-8-14-10/h4-5,7,10H,2-3,6,8H2,1H3,(H,12,13)/t10-/m0/s1. The predicted molar refractivity (Wildman–Crippen MR) is 56.3 cm³/mol. The van der Waals surface area contributed by atoms with Gasteiger partial charge in [0, 0.05) is 13.7 Å². The van der Waals surface area contributed by atoms with Crippen molar-refractivity contribution in [2.75, 3.05) is 19.0 Å². The highest BCUT2D eigenvalue weighted by atomic mass is 16.5. The molecule has 0 saturated carbocycles. The Balaban J connectivity index is 2.13. The molecule has 2 rings (SSSR count). The van der Waals surface area contributed by atoms with Gasteiger partial charge in [0.1, 0.15) is 5.82 Å². The number of nitrogens with zero attached hydrogens (tertiary/aromatic N) is 1. The lowest BCUT2D eigenvalue weighted by Crippen LogP contribution is -2.13. The molecule has 1 aromatic rings. The van der Waals surface area contributed by atoms with Crippen molar-refractivity contribution in [3.63, 3.8) is 0 Å². The molecule has 0 radical (unpaired) electrons. The van der Waals surface area contributed by atoms with E-state index in [1.54, 1.807) is 0 Å². The summed E-state index contributed by atoms with van der Waals surface area (Å²) in [4.78, 5) is 4.48. The van der Waals surface area contributed by atoms with Crippen LogP contribution in [0.3, 0.4) is 0 Å². The molecule has 14 heavy (non-hydrogen) atoms. The van der Waals surface area contributed by atoms with Crippen molar-refractivity contribution in [1.29, 1.82) is 0 Å². The minimum Gasteiger partial charge on any atom is -0.373 e. The van der Waals surface area contributed by atoms with Gasteiger partial charge in [-0.1, -0.05) is 6.07 Å². The predicted octanol–water partition coefficient (Wildman–Crippen LogP) is 2.36.